The largest absolute Gasteiger partial charge is 0.312 e. The number of hydrogen-bond donors (Lipinski definition) is 0. The molecule has 0 aliphatic carbocycles. The molecule has 0 saturated carbocycles. The fraction of sp³-hybridized carbons (Fsp3) is 0.778. The number of hydrogen-bond acceptors (Lipinski definition) is 2. The van der Waals surface area contributed by atoms with E-state index in [-0.39, 0.29) is 0 Å². The van der Waals surface area contributed by atoms with Gasteiger partial charge in [0.25, 0.3) is 0 Å². The molecule has 1 aromatic rings. The SMILES string of the molecule is CC(C)c1nnc2n1[C@@H](C)CC2. The van der Waals surface area contributed by atoms with Crippen molar-refractivity contribution in [1.82, 2.24) is 14.8 Å². The first kappa shape index (κ1) is 7.77. The van der Waals surface area contributed by atoms with Crippen LogP contribution in [0.25, 0.3) is 0 Å². The lowest BCUT2D eigenvalue weighted by molar-refractivity contribution is 0.536. The molecule has 0 fully saturated rings. The summed E-state index contributed by atoms with van der Waals surface area (Å²) in [5, 5.41) is 8.38. The Labute approximate surface area is 72.8 Å². The number of nitrogens with zero attached hydrogens (tertiary/aromatic N) is 3. The van der Waals surface area contributed by atoms with Crippen LogP contribution in [0.5, 0.6) is 0 Å². The van der Waals surface area contributed by atoms with E-state index in [1.165, 1.54) is 12.2 Å². The smallest absolute Gasteiger partial charge is 0.135 e. The number of fused-ring (bicyclic) bond motifs is 1. The van der Waals surface area contributed by atoms with Crippen molar-refractivity contribution in [3.63, 3.8) is 0 Å². The van der Waals surface area contributed by atoms with Gasteiger partial charge in [0.2, 0.25) is 0 Å². The summed E-state index contributed by atoms with van der Waals surface area (Å²) in [6, 6.07) is 0.604. The first-order chi connectivity index (χ1) is 5.70. The average Bonchev–Trinajstić information content (AvgIpc) is 2.53. The molecule has 0 amide bonds. The number of rotatable bonds is 1. The summed E-state index contributed by atoms with van der Waals surface area (Å²) in [6.07, 6.45) is 2.32. The van der Waals surface area contributed by atoms with Gasteiger partial charge in [-0.1, -0.05) is 13.8 Å². The second-order valence-electron chi connectivity index (χ2n) is 3.89. The summed E-state index contributed by atoms with van der Waals surface area (Å²) < 4.78 is 2.30. The highest BCUT2D eigenvalue weighted by atomic mass is 15.3. The van der Waals surface area contributed by atoms with E-state index in [0.717, 1.165) is 12.2 Å². The van der Waals surface area contributed by atoms with Crippen molar-refractivity contribution in [3.8, 4) is 0 Å². The van der Waals surface area contributed by atoms with Crippen LogP contribution in [0.4, 0.5) is 0 Å². The Hall–Kier alpha value is -0.860. The molecule has 3 heteroatoms. The normalized spacial score (nSPS) is 21.8. The fourth-order valence-electron chi connectivity index (χ4n) is 1.85. The van der Waals surface area contributed by atoms with E-state index in [0.29, 0.717) is 12.0 Å². The van der Waals surface area contributed by atoms with E-state index in [1.807, 2.05) is 0 Å². The predicted octanol–water partition coefficient (Wildman–Crippen LogP) is 1.91. The highest BCUT2D eigenvalue weighted by molar-refractivity contribution is 5.06. The van der Waals surface area contributed by atoms with Gasteiger partial charge in [-0.15, -0.1) is 10.2 Å². The second kappa shape index (κ2) is 2.57. The lowest BCUT2D eigenvalue weighted by atomic mass is 10.2. The molecule has 0 radical (unpaired) electrons. The van der Waals surface area contributed by atoms with Gasteiger partial charge in [0, 0.05) is 18.4 Å². The zero-order valence-electron chi connectivity index (χ0n) is 7.91. The third-order valence-corrected chi connectivity index (χ3v) is 2.54. The Morgan fingerprint density at radius 1 is 1.42 bits per heavy atom. The minimum Gasteiger partial charge on any atom is -0.312 e. The fourth-order valence-corrected chi connectivity index (χ4v) is 1.85. The topological polar surface area (TPSA) is 30.7 Å². The van der Waals surface area contributed by atoms with E-state index >= 15 is 0 Å². The summed E-state index contributed by atoms with van der Waals surface area (Å²) in [7, 11) is 0. The van der Waals surface area contributed by atoms with E-state index in [1.54, 1.807) is 0 Å². The van der Waals surface area contributed by atoms with Crippen LogP contribution in [-0.2, 0) is 6.42 Å². The first-order valence-electron chi connectivity index (χ1n) is 4.64. The van der Waals surface area contributed by atoms with Gasteiger partial charge < -0.3 is 4.57 Å². The minimum absolute atomic E-state index is 0.492. The van der Waals surface area contributed by atoms with Crippen molar-refractivity contribution in [2.24, 2.45) is 0 Å². The summed E-state index contributed by atoms with van der Waals surface area (Å²) in [6.45, 7) is 6.58. The molecule has 1 aliphatic rings. The van der Waals surface area contributed by atoms with Gasteiger partial charge in [-0.3, -0.25) is 0 Å². The molecule has 1 aromatic heterocycles. The lowest BCUT2D eigenvalue weighted by Gasteiger charge is -2.11. The quantitative estimate of drug-likeness (QED) is 0.636. The van der Waals surface area contributed by atoms with Gasteiger partial charge in [0.1, 0.15) is 11.6 Å². The molecule has 3 nitrogen and oxygen atoms in total. The Balaban J connectivity index is 2.46. The van der Waals surface area contributed by atoms with Crippen molar-refractivity contribution >= 4 is 0 Å². The molecule has 1 atom stereocenters. The van der Waals surface area contributed by atoms with Crippen LogP contribution < -0.4 is 0 Å². The second-order valence-corrected chi connectivity index (χ2v) is 3.89. The highest BCUT2D eigenvalue weighted by Gasteiger charge is 2.24. The molecular formula is C9H15N3. The summed E-state index contributed by atoms with van der Waals surface area (Å²) in [5.74, 6) is 2.81. The van der Waals surface area contributed by atoms with E-state index in [4.69, 9.17) is 0 Å². The van der Waals surface area contributed by atoms with Gasteiger partial charge in [-0.05, 0) is 13.3 Å². The molecular weight excluding hydrogens is 150 g/mol. The van der Waals surface area contributed by atoms with E-state index in [2.05, 4.69) is 35.5 Å². The van der Waals surface area contributed by atoms with Crippen molar-refractivity contribution in [2.45, 2.75) is 45.6 Å². The molecule has 0 spiro atoms. The molecule has 0 saturated heterocycles. The average molecular weight is 165 g/mol. The van der Waals surface area contributed by atoms with Gasteiger partial charge in [0.15, 0.2) is 0 Å². The number of aryl methyl sites for hydroxylation is 1. The maximum absolute atomic E-state index is 4.20. The Morgan fingerprint density at radius 2 is 2.17 bits per heavy atom. The highest BCUT2D eigenvalue weighted by Crippen LogP contribution is 2.28. The maximum Gasteiger partial charge on any atom is 0.135 e. The third-order valence-electron chi connectivity index (χ3n) is 2.54. The van der Waals surface area contributed by atoms with Crippen molar-refractivity contribution in [2.75, 3.05) is 0 Å². The monoisotopic (exact) mass is 165 g/mol. The van der Waals surface area contributed by atoms with Crippen LogP contribution in [0, 0.1) is 0 Å². The molecule has 12 heavy (non-hydrogen) atoms. The lowest BCUT2D eigenvalue weighted by Crippen LogP contribution is -2.06. The first-order valence-corrected chi connectivity index (χ1v) is 4.64. The van der Waals surface area contributed by atoms with Crippen LogP contribution in [0.2, 0.25) is 0 Å². The maximum atomic E-state index is 4.20. The van der Waals surface area contributed by atoms with Crippen molar-refractivity contribution < 1.29 is 0 Å². The summed E-state index contributed by atoms with van der Waals surface area (Å²) >= 11 is 0. The van der Waals surface area contributed by atoms with Crippen LogP contribution >= 0.6 is 0 Å². The Morgan fingerprint density at radius 3 is 2.83 bits per heavy atom. The molecule has 1 aliphatic heterocycles. The van der Waals surface area contributed by atoms with Crippen LogP contribution in [-0.4, -0.2) is 14.8 Å². The number of aromatic nitrogens is 3. The minimum atomic E-state index is 0.492. The molecule has 0 aromatic carbocycles. The summed E-state index contributed by atoms with van der Waals surface area (Å²) in [5.41, 5.74) is 0. The van der Waals surface area contributed by atoms with Gasteiger partial charge in [-0.2, -0.15) is 0 Å². The van der Waals surface area contributed by atoms with E-state index in [9.17, 15) is 0 Å². The standard InChI is InChI=1S/C9H15N3/c1-6(2)9-11-10-8-5-4-7(3)12(8)9/h6-7H,4-5H2,1-3H3/t7-/m0/s1. The third kappa shape index (κ3) is 0.958. The molecule has 66 valence electrons. The summed E-state index contributed by atoms with van der Waals surface area (Å²) in [4.78, 5) is 0. The zero-order valence-corrected chi connectivity index (χ0v) is 7.91. The Bertz CT molecular complexity index is 288. The van der Waals surface area contributed by atoms with Crippen LogP contribution in [0.15, 0.2) is 0 Å². The molecule has 2 rings (SSSR count). The van der Waals surface area contributed by atoms with Gasteiger partial charge >= 0.3 is 0 Å². The van der Waals surface area contributed by atoms with Crippen molar-refractivity contribution in [3.05, 3.63) is 11.6 Å². The molecule has 2 heterocycles. The van der Waals surface area contributed by atoms with Crippen LogP contribution in [0.1, 0.15) is 50.8 Å². The van der Waals surface area contributed by atoms with Crippen LogP contribution in [0.3, 0.4) is 0 Å². The molecule has 0 bridgehead atoms. The van der Waals surface area contributed by atoms with Crippen molar-refractivity contribution in [1.29, 1.82) is 0 Å². The predicted molar refractivity (Wildman–Crippen MR) is 47.1 cm³/mol. The van der Waals surface area contributed by atoms with Gasteiger partial charge in [-0.25, -0.2) is 0 Å². The zero-order chi connectivity index (χ0) is 8.72. The molecule has 0 unspecified atom stereocenters. The molecule has 0 N–H and O–H groups in total. The Kier molecular flexibility index (Phi) is 1.67. The van der Waals surface area contributed by atoms with E-state index < -0.39 is 0 Å². The van der Waals surface area contributed by atoms with Gasteiger partial charge in [0.05, 0.1) is 0 Å².